The summed E-state index contributed by atoms with van der Waals surface area (Å²) in [5.74, 6) is -0.544. The smallest absolute Gasteiger partial charge is 0.269 e. The number of alkyl halides is 2. The van der Waals surface area contributed by atoms with Gasteiger partial charge in [-0.3, -0.25) is 4.79 Å². The van der Waals surface area contributed by atoms with Crippen molar-refractivity contribution >= 4 is 0 Å². The van der Waals surface area contributed by atoms with Gasteiger partial charge < -0.3 is 15.2 Å². The maximum Gasteiger partial charge on any atom is 0.269 e. The molecule has 0 unspecified atom stereocenters. The molecular weight excluding hydrogens is 184 g/mol. The van der Waals surface area contributed by atoms with E-state index in [0.717, 1.165) is 6.20 Å². The minimum absolute atomic E-state index is 0.432. The first-order valence-corrected chi connectivity index (χ1v) is 3.40. The van der Waals surface area contributed by atoms with Crippen LogP contribution in [0.25, 0.3) is 0 Å². The van der Waals surface area contributed by atoms with Gasteiger partial charge in [-0.2, -0.15) is 0 Å². The number of hydrogen-bond donors (Lipinski definition) is 3. The zero-order valence-electron chi connectivity index (χ0n) is 6.42. The lowest BCUT2D eigenvalue weighted by atomic mass is 10.1. The quantitative estimate of drug-likeness (QED) is 0.637. The van der Waals surface area contributed by atoms with E-state index in [1.165, 1.54) is 0 Å². The van der Waals surface area contributed by atoms with Gasteiger partial charge in [0.2, 0.25) is 0 Å². The third-order valence-electron chi connectivity index (χ3n) is 1.60. The number of hydrogen-bond acceptors (Lipinski definition) is 3. The summed E-state index contributed by atoms with van der Waals surface area (Å²) in [5.41, 5.74) is -2.32. The van der Waals surface area contributed by atoms with E-state index in [-0.39, 0.29) is 0 Å². The SMILES string of the molecule is O=c1[nH]cc(O)c(CO)c1C(F)F. The molecule has 6 heteroatoms. The van der Waals surface area contributed by atoms with Gasteiger partial charge in [0.15, 0.2) is 0 Å². The molecule has 0 atom stereocenters. The predicted molar refractivity (Wildman–Crippen MR) is 39.6 cm³/mol. The van der Waals surface area contributed by atoms with Crippen LogP contribution in [0, 0.1) is 0 Å². The molecule has 72 valence electrons. The molecule has 4 nitrogen and oxygen atoms in total. The van der Waals surface area contributed by atoms with Gasteiger partial charge in [-0.05, 0) is 0 Å². The second-order valence-electron chi connectivity index (χ2n) is 2.35. The van der Waals surface area contributed by atoms with Gasteiger partial charge in [0.1, 0.15) is 5.75 Å². The molecule has 0 saturated carbocycles. The topological polar surface area (TPSA) is 73.3 Å². The first-order chi connectivity index (χ1) is 6.07. The monoisotopic (exact) mass is 191 g/mol. The molecule has 3 N–H and O–H groups in total. The molecule has 0 bridgehead atoms. The Balaban J connectivity index is 3.44. The van der Waals surface area contributed by atoms with Crippen LogP contribution < -0.4 is 5.56 Å². The molecular formula is C7H7F2NO3. The fourth-order valence-corrected chi connectivity index (χ4v) is 0.971. The Morgan fingerprint density at radius 1 is 1.54 bits per heavy atom. The van der Waals surface area contributed by atoms with Crippen LogP contribution in [-0.2, 0) is 6.61 Å². The molecule has 0 aliphatic heterocycles. The number of rotatable bonds is 2. The molecule has 0 spiro atoms. The minimum Gasteiger partial charge on any atom is -0.506 e. The van der Waals surface area contributed by atoms with Crippen LogP contribution in [0.5, 0.6) is 5.75 Å². The summed E-state index contributed by atoms with van der Waals surface area (Å²) in [6.45, 7) is -0.796. The zero-order valence-corrected chi connectivity index (χ0v) is 6.42. The van der Waals surface area contributed by atoms with E-state index in [0.29, 0.717) is 0 Å². The summed E-state index contributed by atoms with van der Waals surface area (Å²) in [4.78, 5) is 12.8. The predicted octanol–water partition coefficient (Wildman–Crippen LogP) is 0.510. The zero-order chi connectivity index (χ0) is 10.0. The van der Waals surface area contributed by atoms with Crippen molar-refractivity contribution in [1.82, 2.24) is 4.98 Å². The molecule has 0 aliphatic rings. The third kappa shape index (κ3) is 1.67. The van der Waals surface area contributed by atoms with E-state index in [9.17, 15) is 13.6 Å². The van der Waals surface area contributed by atoms with Crippen LogP contribution in [0.2, 0.25) is 0 Å². The van der Waals surface area contributed by atoms with Crippen LogP contribution in [0.1, 0.15) is 17.6 Å². The fraction of sp³-hybridized carbons (Fsp3) is 0.286. The summed E-state index contributed by atoms with van der Waals surface area (Å²) in [6, 6.07) is 0. The number of aliphatic hydroxyl groups excluding tert-OH is 1. The second-order valence-corrected chi connectivity index (χ2v) is 2.35. The molecule has 1 aromatic rings. The first-order valence-electron chi connectivity index (χ1n) is 3.40. The normalized spacial score (nSPS) is 10.8. The first kappa shape index (κ1) is 9.66. The highest BCUT2D eigenvalue weighted by Crippen LogP contribution is 2.24. The Hall–Kier alpha value is -1.43. The largest absolute Gasteiger partial charge is 0.506 e. The number of nitrogens with one attached hydrogen (secondary N) is 1. The molecule has 0 aliphatic carbocycles. The summed E-state index contributed by atoms with van der Waals surface area (Å²) in [5, 5.41) is 17.6. The van der Waals surface area contributed by atoms with Crippen molar-refractivity contribution in [2.45, 2.75) is 13.0 Å². The number of aromatic amines is 1. The highest BCUT2D eigenvalue weighted by atomic mass is 19.3. The highest BCUT2D eigenvalue weighted by Gasteiger charge is 2.19. The van der Waals surface area contributed by atoms with E-state index >= 15 is 0 Å². The van der Waals surface area contributed by atoms with E-state index in [2.05, 4.69) is 0 Å². The number of aromatic hydroxyl groups is 1. The lowest BCUT2D eigenvalue weighted by molar-refractivity contribution is 0.144. The number of aliphatic hydroxyl groups is 1. The summed E-state index contributed by atoms with van der Waals surface area (Å²) in [6.07, 6.45) is -2.15. The Bertz CT molecular complexity index is 361. The van der Waals surface area contributed by atoms with E-state index in [4.69, 9.17) is 10.2 Å². The summed E-state index contributed by atoms with van der Waals surface area (Å²) in [7, 11) is 0. The van der Waals surface area contributed by atoms with Crippen molar-refractivity contribution in [2.75, 3.05) is 0 Å². The lowest BCUT2D eigenvalue weighted by Crippen LogP contribution is -2.15. The number of aromatic nitrogens is 1. The molecule has 0 fully saturated rings. The molecule has 0 saturated heterocycles. The van der Waals surface area contributed by atoms with Gasteiger partial charge in [0.05, 0.1) is 12.2 Å². The molecule has 1 aromatic heterocycles. The fourth-order valence-electron chi connectivity index (χ4n) is 0.971. The van der Waals surface area contributed by atoms with E-state index < -0.39 is 35.5 Å². The van der Waals surface area contributed by atoms with Gasteiger partial charge in [-0.25, -0.2) is 8.78 Å². The van der Waals surface area contributed by atoms with Gasteiger partial charge >= 0.3 is 0 Å². The number of halogens is 2. The molecule has 0 aromatic carbocycles. The molecule has 0 amide bonds. The molecule has 0 radical (unpaired) electrons. The van der Waals surface area contributed by atoms with Crippen molar-refractivity contribution in [3.8, 4) is 5.75 Å². The Morgan fingerprint density at radius 3 is 2.54 bits per heavy atom. The Labute approximate surface area is 71.5 Å². The van der Waals surface area contributed by atoms with Crippen LogP contribution in [-0.4, -0.2) is 15.2 Å². The van der Waals surface area contributed by atoms with Crippen LogP contribution in [0.4, 0.5) is 8.78 Å². The molecule has 1 heterocycles. The second kappa shape index (κ2) is 3.53. The van der Waals surface area contributed by atoms with Gasteiger partial charge in [0.25, 0.3) is 12.0 Å². The van der Waals surface area contributed by atoms with Crippen molar-refractivity contribution in [2.24, 2.45) is 0 Å². The van der Waals surface area contributed by atoms with E-state index in [1.807, 2.05) is 4.98 Å². The van der Waals surface area contributed by atoms with Crippen molar-refractivity contribution < 1.29 is 19.0 Å². The molecule has 1 rings (SSSR count). The lowest BCUT2D eigenvalue weighted by Gasteiger charge is -2.06. The average Bonchev–Trinajstić information content (AvgIpc) is 2.07. The van der Waals surface area contributed by atoms with Crippen LogP contribution in [0.3, 0.4) is 0 Å². The van der Waals surface area contributed by atoms with Gasteiger partial charge in [-0.15, -0.1) is 0 Å². The maximum absolute atomic E-state index is 12.2. The van der Waals surface area contributed by atoms with Crippen molar-refractivity contribution in [3.63, 3.8) is 0 Å². The Morgan fingerprint density at radius 2 is 2.15 bits per heavy atom. The van der Waals surface area contributed by atoms with Crippen molar-refractivity contribution in [1.29, 1.82) is 0 Å². The summed E-state index contributed by atoms with van der Waals surface area (Å²) < 4.78 is 24.4. The standard InChI is InChI=1S/C7H7F2NO3/c8-6(9)5-3(2-11)4(12)1-10-7(5)13/h1,6,11-12H,2H2,(H,10,13). The van der Waals surface area contributed by atoms with E-state index in [1.54, 1.807) is 0 Å². The molecule has 13 heavy (non-hydrogen) atoms. The van der Waals surface area contributed by atoms with Crippen molar-refractivity contribution in [3.05, 3.63) is 27.7 Å². The highest BCUT2D eigenvalue weighted by molar-refractivity contribution is 5.35. The average molecular weight is 191 g/mol. The summed E-state index contributed by atoms with van der Waals surface area (Å²) >= 11 is 0. The Kier molecular flexibility index (Phi) is 2.62. The minimum atomic E-state index is -3.02. The van der Waals surface area contributed by atoms with Gasteiger partial charge in [-0.1, -0.05) is 0 Å². The maximum atomic E-state index is 12.2. The van der Waals surface area contributed by atoms with Crippen LogP contribution >= 0.6 is 0 Å². The van der Waals surface area contributed by atoms with Crippen LogP contribution in [0.15, 0.2) is 11.0 Å². The third-order valence-corrected chi connectivity index (χ3v) is 1.60. The number of pyridine rings is 1. The number of H-pyrrole nitrogens is 1. The van der Waals surface area contributed by atoms with Gasteiger partial charge in [0, 0.05) is 11.8 Å².